The number of rotatable bonds is 5. The summed E-state index contributed by atoms with van der Waals surface area (Å²) in [6, 6.07) is 4.46. The summed E-state index contributed by atoms with van der Waals surface area (Å²) in [5.74, 6) is 0.246. The number of carbonyl (C=O) groups excluding carboxylic acids is 1. The fourth-order valence-electron chi connectivity index (χ4n) is 3.26. The highest BCUT2D eigenvalue weighted by molar-refractivity contribution is 9.10. The number of ether oxygens (including phenoxy) is 1. The number of carbonyl (C=O) groups is 1. The maximum Gasteiger partial charge on any atom is 0.169 e. The molecule has 0 bridgehead atoms. The van der Waals surface area contributed by atoms with Crippen LogP contribution in [0.2, 0.25) is 0 Å². The molecule has 0 heterocycles. The van der Waals surface area contributed by atoms with Gasteiger partial charge in [0.05, 0.1) is 0 Å². The lowest BCUT2D eigenvalue weighted by Crippen LogP contribution is -2.46. The minimum Gasteiger partial charge on any atom is -0.367 e. The molecule has 0 amide bonds. The second kappa shape index (κ2) is 7.01. The fraction of sp³-hybridized carbons (Fsp3) is 0.588. The zero-order chi connectivity index (χ0) is 15.5. The molecule has 0 aliphatic heterocycles. The first-order chi connectivity index (χ1) is 9.97. The highest BCUT2D eigenvalue weighted by Crippen LogP contribution is 2.37. The van der Waals surface area contributed by atoms with Gasteiger partial charge < -0.3 is 4.74 Å². The zero-order valence-corrected chi connectivity index (χ0v) is 14.2. The van der Waals surface area contributed by atoms with Gasteiger partial charge in [0, 0.05) is 17.5 Å². The van der Waals surface area contributed by atoms with Crippen molar-refractivity contribution < 1.29 is 13.9 Å². The van der Waals surface area contributed by atoms with E-state index in [-0.39, 0.29) is 18.0 Å². The van der Waals surface area contributed by atoms with Gasteiger partial charge in [0.1, 0.15) is 11.4 Å². The van der Waals surface area contributed by atoms with E-state index in [0.29, 0.717) is 18.1 Å². The molecule has 4 heteroatoms. The molecule has 0 aromatic heterocycles. The van der Waals surface area contributed by atoms with Gasteiger partial charge in [0.25, 0.3) is 0 Å². The summed E-state index contributed by atoms with van der Waals surface area (Å²) in [5.41, 5.74) is 0.00958. The monoisotopic (exact) mass is 356 g/mol. The molecule has 0 spiro atoms. The first-order valence-corrected chi connectivity index (χ1v) is 8.37. The molecule has 1 aliphatic rings. The van der Waals surface area contributed by atoms with Gasteiger partial charge in [0.15, 0.2) is 5.78 Å². The number of Topliss-reactive ketones (excluding diaryl/α,β-unsaturated/α-hetero) is 1. The molecule has 0 N–H and O–H groups in total. The van der Waals surface area contributed by atoms with Gasteiger partial charge in [-0.25, -0.2) is 4.39 Å². The largest absolute Gasteiger partial charge is 0.367 e. The first kappa shape index (κ1) is 16.6. The number of halogens is 2. The third kappa shape index (κ3) is 3.92. The quantitative estimate of drug-likeness (QED) is 0.765. The molecular weight excluding hydrogens is 335 g/mol. The predicted molar refractivity (Wildman–Crippen MR) is 84.8 cm³/mol. The number of hydrogen-bond acceptors (Lipinski definition) is 2. The van der Waals surface area contributed by atoms with Crippen LogP contribution in [-0.2, 0) is 16.0 Å². The molecule has 1 fully saturated rings. The van der Waals surface area contributed by atoms with Gasteiger partial charge in [-0.2, -0.15) is 0 Å². The Labute approximate surface area is 134 Å². The minimum atomic E-state index is -0.682. The Balaban J connectivity index is 2.20. The normalized spacial score (nSPS) is 25.8. The third-order valence-corrected chi connectivity index (χ3v) is 5.02. The van der Waals surface area contributed by atoms with Crippen molar-refractivity contribution in [2.45, 2.75) is 51.6 Å². The SMILES string of the molecule is CCOC1(C(=O)Cc2cc(F)ccc2Br)CCCC(C)C1. The lowest BCUT2D eigenvalue weighted by atomic mass is 9.75. The van der Waals surface area contributed by atoms with Crippen LogP contribution in [0.1, 0.15) is 45.1 Å². The van der Waals surface area contributed by atoms with Crippen LogP contribution < -0.4 is 0 Å². The molecule has 2 nitrogen and oxygen atoms in total. The fourth-order valence-corrected chi connectivity index (χ4v) is 3.64. The Bertz CT molecular complexity index is 514. The molecule has 2 atom stereocenters. The number of hydrogen-bond donors (Lipinski definition) is 0. The van der Waals surface area contributed by atoms with Gasteiger partial charge in [0.2, 0.25) is 0 Å². The van der Waals surface area contributed by atoms with Crippen LogP contribution in [0, 0.1) is 11.7 Å². The van der Waals surface area contributed by atoms with E-state index in [4.69, 9.17) is 4.74 Å². The van der Waals surface area contributed by atoms with Crippen molar-refractivity contribution in [1.82, 2.24) is 0 Å². The van der Waals surface area contributed by atoms with Crippen LogP contribution in [0.25, 0.3) is 0 Å². The van der Waals surface area contributed by atoms with Gasteiger partial charge in [-0.05, 0) is 55.9 Å². The molecule has 116 valence electrons. The second-order valence-corrected chi connectivity index (χ2v) is 6.82. The van der Waals surface area contributed by atoms with E-state index < -0.39 is 5.60 Å². The Morgan fingerprint density at radius 1 is 1.52 bits per heavy atom. The summed E-state index contributed by atoms with van der Waals surface area (Å²) in [6.07, 6.45) is 3.91. The van der Waals surface area contributed by atoms with E-state index in [2.05, 4.69) is 22.9 Å². The average molecular weight is 357 g/mol. The van der Waals surface area contributed by atoms with E-state index in [1.807, 2.05) is 6.92 Å². The van der Waals surface area contributed by atoms with Crippen molar-refractivity contribution in [3.63, 3.8) is 0 Å². The average Bonchev–Trinajstić information content (AvgIpc) is 2.43. The lowest BCUT2D eigenvalue weighted by Gasteiger charge is -2.38. The smallest absolute Gasteiger partial charge is 0.169 e. The van der Waals surface area contributed by atoms with E-state index >= 15 is 0 Å². The highest BCUT2D eigenvalue weighted by atomic mass is 79.9. The molecule has 1 saturated carbocycles. The highest BCUT2D eigenvalue weighted by Gasteiger charge is 2.42. The molecule has 2 rings (SSSR count). The van der Waals surface area contributed by atoms with Crippen molar-refractivity contribution >= 4 is 21.7 Å². The second-order valence-electron chi connectivity index (χ2n) is 5.96. The van der Waals surface area contributed by atoms with Crippen LogP contribution in [0.3, 0.4) is 0 Å². The van der Waals surface area contributed by atoms with E-state index in [1.54, 1.807) is 6.07 Å². The van der Waals surface area contributed by atoms with E-state index in [0.717, 1.165) is 30.2 Å². The third-order valence-electron chi connectivity index (χ3n) is 4.24. The predicted octanol–water partition coefficient (Wildman–Crippen LogP) is 4.69. The van der Waals surface area contributed by atoms with Crippen molar-refractivity contribution in [1.29, 1.82) is 0 Å². The van der Waals surface area contributed by atoms with Gasteiger partial charge in [-0.3, -0.25) is 4.79 Å². The Hall–Kier alpha value is -0.740. The molecule has 2 unspecified atom stereocenters. The summed E-state index contributed by atoms with van der Waals surface area (Å²) in [6.45, 7) is 4.62. The standard InChI is InChI=1S/C17H22BrFO2/c1-3-21-17(8-4-5-12(2)11-17)16(20)10-13-9-14(19)6-7-15(13)18/h6-7,9,12H,3-5,8,10-11H2,1-2H3. The molecule has 1 aromatic rings. The molecule has 1 aliphatic carbocycles. The summed E-state index contributed by atoms with van der Waals surface area (Å²) in [4.78, 5) is 12.8. The Kier molecular flexibility index (Phi) is 5.55. The molecular formula is C17H22BrFO2. The minimum absolute atomic E-state index is 0.0715. The number of benzene rings is 1. The topological polar surface area (TPSA) is 26.3 Å². The van der Waals surface area contributed by atoms with Crippen molar-refractivity contribution in [3.8, 4) is 0 Å². The van der Waals surface area contributed by atoms with Gasteiger partial charge >= 0.3 is 0 Å². The summed E-state index contributed by atoms with van der Waals surface area (Å²) in [5, 5.41) is 0. The first-order valence-electron chi connectivity index (χ1n) is 7.58. The molecule has 0 saturated heterocycles. The van der Waals surface area contributed by atoms with E-state index in [1.165, 1.54) is 12.1 Å². The van der Waals surface area contributed by atoms with Crippen molar-refractivity contribution in [2.24, 2.45) is 5.92 Å². The summed E-state index contributed by atoms with van der Waals surface area (Å²) < 4.78 is 20.0. The van der Waals surface area contributed by atoms with Crippen LogP contribution in [0.15, 0.2) is 22.7 Å². The van der Waals surface area contributed by atoms with Crippen LogP contribution in [0.5, 0.6) is 0 Å². The van der Waals surface area contributed by atoms with Gasteiger partial charge in [-0.15, -0.1) is 0 Å². The lowest BCUT2D eigenvalue weighted by molar-refractivity contribution is -0.150. The van der Waals surface area contributed by atoms with Crippen LogP contribution in [-0.4, -0.2) is 18.0 Å². The van der Waals surface area contributed by atoms with E-state index in [9.17, 15) is 9.18 Å². The Morgan fingerprint density at radius 2 is 2.29 bits per heavy atom. The van der Waals surface area contributed by atoms with Crippen molar-refractivity contribution in [2.75, 3.05) is 6.61 Å². The molecule has 1 aromatic carbocycles. The summed E-state index contributed by atoms with van der Waals surface area (Å²) in [7, 11) is 0. The van der Waals surface area contributed by atoms with Crippen molar-refractivity contribution in [3.05, 3.63) is 34.1 Å². The molecule has 21 heavy (non-hydrogen) atoms. The maximum absolute atomic E-state index is 13.4. The zero-order valence-electron chi connectivity index (χ0n) is 12.6. The summed E-state index contributed by atoms with van der Waals surface area (Å²) >= 11 is 3.39. The van der Waals surface area contributed by atoms with Crippen LogP contribution >= 0.6 is 15.9 Å². The Morgan fingerprint density at radius 3 is 2.95 bits per heavy atom. The molecule has 0 radical (unpaired) electrons. The van der Waals surface area contributed by atoms with Gasteiger partial charge in [-0.1, -0.05) is 29.3 Å². The number of ketones is 1. The van der Waals surface area contributed by atoms with Crippen LogP contribution in [0.4, 0.5) is 4.39 Å². The maximum atomic E-state index is 13.4.